The molecule has 0 aliphatic carbocycles. The fraction of sp³-hybridized carbons (Fsp3) is 0.250. The van der Waals surface area contributed by atoms with Gasteiger partial charge in [0.1, 0.15) is 11.5 Å². The average molecular weight is 390 g/mol. The van der Waals surface area contributed by atoms with Gasteiger partial charge in [0, 0.05) is 18.9 Å². The van der Waals surface area contributed by atoms with E-state index in [-0.39, 0.29) is 12.0 Å². The van der Waals surface area contributed by atoms with E-state index in [0.29, 0.717) is 22.7 Å². The fourth-order valence-corrected chi connectivity index (χ4v) is 2.93. The zero-order chi connectivity index (χ0) is 20.8. The number of hydrogen-bond acceptors (Lipinski definition) is 4. The van der Waals surface area contributed by atoms with E-state index >= 15 is 0 Å². The number of carbonyl (C=O) groups excluding carboxylic acids is 1. The average Bonchev–Trinajstić information content (AvgIpc) is 2.73. The Morgan fingerprint density at radius 1 is 1.07 bits per heavy atom. The van der Waals surface area contributed by atoms with Crippen molar-refractivity contribution in [1.29, 1.82) is 0 Å². The topological polar surface area (TPSA) is 60.5 Å². The molecule has 1 atom stereocenters. The maximum atomic E-state index is 12.7. The van der Waals surface area contributed by atoms with Crippen molar-refractivity contribution in [3.63, 3.8) is 0 Å². The van der Waals surface area contributed by atoms with Gasteiger partial charge in [-0.25, -0.2) is 0 Å². The van der Waals surface area contributed by atoms with Crippen LogP contribution in [0.5, 0.6) is 11.5 Å². The smallest absolute Gasteiger partial charge is 0.257 e. The summed E-state index contributed by atoms with van der Waals surface area (Å²) in [7, 11) is 1.63. The van der Waals surface area contributed by atoms with Crippen LogP contribution in [0.3, 0.4) is 0 Å². The second-order valence-electron chi connectivity index (χ2n) is 6.83. The standard InChI is InChI=1S/C24H26N2O3/c1-5-18-9-11-20(12-10-18)29-21-8-6-7-19(15-21)26-24(27)22-13-14-23(17(3)28-4)25-16(22)2/h6-15,17H,5H2,1-4H3,(H,26,27). The van der Waals surface area contributed by atoms with Gasteiger partial charge >= 0.3 is 0 Å². The number of hydrogen-bond donors (Lipinski definition) is 1. The Balaban J connectivity index is 1.71. The van der Waals surface area contributed by atoms with Gasteiger partial charge in [-0.05, 0) is 62.2 Å². The molecule has 29 heavy (non-hydrogen) atoms. The number of anilines is 1. The lowest BCUT2D eigenvalue weighted by atomic mass is 10.1. The van der Waals surface area contributed by atoms with Crippen molar-refractivity contribution in [2.45, 2.75) is 33.3 Å². The predicted octanol–water partition coefficient (Wildman–Crippen LogP) is 5.70. The Kier molecular flexibility index (Phi) is 6.62. The molecule has 0 saturated heterocycles. The molecule has 5 nitrogen and oxygen atoms in total. The Morgan fingerprint density at radius 2 is 1.83 bits per heavy atom. The van der Waals surface area contributed by atoms with Gasteiger partial charge in [-0.2, -0.15) is 0 Å². The Bertz CT molecular complexity index is 984. The van der Waals surface area contributed by atoms with Crippen molar-refractivity contribution in [3.8, 4) is 11.5 Å². The van der Waals surface area contributed by atoms with Crippen LogP contribution in [0.15, 0.2) is 60.7 Å². The number of carbonyl (C=O) groups is 1. The first-order valence-electron chi connectivity index (χ1n) is 9.68. The predicted molar refractivity (Wildman–Crippen MR) is 115 cm³/mol. The number of nitrogens with one attached hydrogen (secondary N) is 1. The van der Waals surface area contributed by atoms with Crippen LogP contribution in [-0.2, 0) is 11.2 Å². The minimum Gasteiger partial charge on any atom is -0.457 e. The molecule has 1 aromatic heterocycles. The first-order chi connectivity index (χ1) is 14.0. The van der Waals surface area contributed by atoms with E-state index < -0.39 is 0 Å². The maximum absolute atomic E-state index is 12.7. The molecular formula is C24H26N2O3. The summed E-state index contributed by atoms with van der Waals surface area (Å²) in [6, 6.07) is 18.9. The van der Waals surface area contributed by atoms with E-state index in [9.17, 15) is 4.79 Å². The molecule has 0 fully saturated rings. The zero-order valence-electron chi connectivity index (χ0n) is 17.2. The SMILES string of the molecule is CCc1ccc(Oc2cccc(NC(=O)c3ccc(C(C)OC)nc3C)c2)cc1. The molecule has 0 aliphatic rings. The second-order valence-corrected chi connectivity index (χ2v) is 6.83. The number of ether oxygens (including phenoxy) is 2. The highest BCUT2D eigenvalue weighted by Gasteiger charge is 2.14. The van der Waals surface area contributed by atoms with Gasteiger partial charge in [0.05, 0.1) is 23.1 Å². The van der Waals surface area contributed by atoms with Crippen LogP contribution in [0.25, 0.3) is 0 Å². The lowest BCUT2D eigenvalue weighted by Crippen LogP contribution is -2.15. The Labute approximate surface area is 171 Å². The van der Waals surface area contributed by atoms with Crippen LogP contribution in [0.2, 0.25) is 0 Å². The number of aryl methyl sites for hydroxylation is 2. The first-order valence-corrected chi connectivity index (χ1v) is 9.68. The highest BCUT2D eigenvalue weighted by atomic mass is 16.5. The Hall–Kier alpha value is -3.18. The molecule has 5 heteroatoms. The molecule has 1 N–H and O–H groups in total. The molecule has 1 amide bonds. The van der Waals surface area contributed by atoms with Gasteiger partial charge in [0.25, 0.3) is 5.91 Å². The van der Waals surface area contributed by atoms with E-state index in [1.165, 1.54) is 5.56 Å². The van der Waals surface area contributed by atoms with Gasteiger partial charge in [0.15, 0.2) is 0 Å². The molecule has 0 saturated carbocycles. The first kappa shape index (κ1) is 20.6. The molecule has 2 aromatic carbocycles. The van der Waals surface area contributed by atoms with Crippen LogP contribution in [0, 0.1) is 6.92 Å². The lowest BCUT2D eigenvalue weighted by Gasteiger charge is -2.13. The van der Waals surface area contributed by atoms with Crippen LogP contribution in [-0.4, -0.2) is 18.0 Å². The largest absolute Gasteiger partial charge is 0.457 e. The Morgan fingerprint density at radius 3 is 2.48 bits per heavy atom. The minimum atomic E-state index is -0.212. The third kappa shape index (κ3) is 5.21. The summed E-state index contributed by atoms with van der Waals surface area (Å²) in [4.78, 5) is 17.2. The van der Waals surface area contributed by atoms with E-state index in [0.717, 1.165) is 17.9 Å². The van der Waals surface area contributed by atoms with Crippen LogP contribution >= 0.6 is 0 Å². The van der Waals surface area contributed by atoms with Crippen molar-refractivity contribution in [2.24, 2.45) is 0 Å². The minimum absolute atomic E-state index is 0.119. The number of amides is 1. The molecule has 1 heterocycles. The fourth-order valence-electron chi connectivity index (χ4n) is 2.93. The van der Waals surface area contributed by atoms with Gasteiger partial charge in [-0.1, -0.05) is 25.1 Å². The normalized spacial score (nSPS) is 11.7. The van der Waals surface area contributed by atoms with Crippen LogP contribution < -0.4 is 10.1 Å². The summed E-state index contributed by atoms with van der Waals surface area (Å²) in [6.45, 7) is 5.86. The van der Waals surface area contributed by atoms with Crippen LogP contribution in [0.1, 0.15) is 47.3 Å². The number of aromatic nitrogens is 1. The number of pyridine rings is 1. The second kappa shape index (κ2) is 9.34. The van der Waals surface area contributed by atoms with E-state index in [1.54, 1.807) is 19.2 Å². The van der Waals surface area contributed by atoms with E-state index in [1.807, 2.05) is 62.4 Å². The molecular weight excluding hydrogens is 364 g/mol. The number of nitrogens with zero attached hydrogens (tertiary/aromatic N) is 1. The molecule has 0 aliphatic heterocycles. The summed E-state index contributed by atoms with van der Waals surface area (Å²) in [5, 5.41) is 2.92. The summed E-state index contributed by atoms with van der Waals surface area (Å²) in [6.07, 6.45) is 0.868. The van der Waals surface area contributed by atoms with Crippen LogP contribution in [0.4, 0.5) is 5.69 Å². The molecule has 0 spiro atoms. The molecule has 150 valence electrons. The quantitative estimate of drug-likeness (QED) is 0.562. The molecule has 3 aromatic rings. The summed E-state index contributed by atoms with van der Waals surface area (Å²) in [5.41, 5.74) is 3.90. The van der Waals surface area contributed by atoms with Gasteiger partial charge in [-0.15, -0.1) is 0 Å². The molecule has 1 unspecified atom stereocenters. The maximum Gasteiger partial charge on any atom is 0.257 e. The van der Waals surface area contributed by atoms with E-state index in [2.05, 4.69) is 17.2 Å². The highest BCUT2D eigenvalue weighted by Crippen LogP contribution is 2.25. The van der Waals surface area contributed by atoms with Crippen molar-refractivity contribution >= 4 is 11.6 Å². The lowest BCUT2D eigenvalue weighted by molar-refractivity contribution is 0.102. The highest BCUT2D eigenvalue weighted by molar-refractivity contribution is 6.05. The summed E-state index contributed by atoms with van der Waals surface area (Å²) >= 11 is 0. The van der Waals surface area contributed by atoms with Crippen molar-refractivity contribution in [3.05, 3.63) is 83.2 Å². The summed E-state index contributed by atoms with van der Waals surface area (Å²) in [5.74, 6) is 1.20. The van der Waals surface area contributed by atoms with E-state index in [4.69, 9.17) is 9.47 Å². The third-order valence-corrected chi connectivity index (χ3v) is 4.78. The van der Waals surface area contributed by atoms with Gasteiger partial charge in [-0.3, -0.25) is 9.78 Å². The van der Waals surface area contributed by atoms with Crippen molar-refractivity contribution < 1.29 is 14.3 Å². The number of methoxy groups -OCH3 is 1. The third-order valence-electron chi connectivity index (χ3n) is 4.78. The zero-order valence-corrected chi connectivity index (χ0v) is 17.2. The molecule has 0 radical (unpaired) electrons. The van der Waals surface area contributed by atoms with Crippen molar-refractivity contribution in [2.75, 3.05) is 12.4 Å². The monoisotopic (exact) mass is 390 g/mol. The van der Waals surface area contributed by atoms with Crippen molar-refractivity contribution in [1.82, 2.24) is 4.98 Å². The molecule has 3 rings (SSSR count). The number of benzene rings is 2. The number of rotatable bonds is 7. The van der Waals surface area contributed by atoms with Gasteiger partial charge < -0.3 is 14.8 Å². The van der Waals surface area contributed by atoms with Gasteiger partial charge in [0.2, 0.25) is 0 Å². The molecule has 0 bridgehead atoms. The summed E-state index contributed by atoms with van der Waals surface area (Å²) < 4.78 is 11.2.